The molecule has 0 aliphatic heterocycles. The van der Waals surface area contributed by atoms with E-state index in [-0.39, 0.29) is 18.5 Å². The van der Waals surface area contributed by atoms with Gasteiger partial charge in [0.15, 0.2) is 0 Å². The smallest absolute Gasteiger partial charge is 0.315 e. The molecule has 0 aromatic carbocycles. The second-order valence-corrected chi connectivity index (χ2v) is 4.78. The summed E-state index contributed by atoms with van der Waals surface area (Å²) in [6, 6.07) is 3.47. The monoisotopic (exact) mass is 279 g/mol. The summed E-state index contributed by atoms with van der Waals surface area (Å²) in [5, 5.41) is 14.1. The first-order chi connectivity index (χ1) is 9.49. The number of aliphatic carboxylic acids is 1. The van der Waals surface area contributed by atoms with Crippen molar-refractivity contribution in [2.75, 3.05) is 0 Å². The number of nitrogens with one attached hydrogen (secondary N) is 2. The van der Waals surface area contributed by atoms with Gasteiger partial charge in [0, 0.05) is 18.7 Å². The quantitative estimate of drug-likeness (QED) is 0.710. The summed E-state index contributed by atoms with van der Waals surface area (Å²) < 4.78 is 0. The van der Waals surface area contributed by atoms with Crippen LogP contribution in [0.2, 0.25) is 0 Å². The van der Waals surface area contributed by atoms with Gasteiger partial charge in [-0.3, -0.25) is 9.78 Å². The maximum absolute atomic E-state index is 11.7. The number of urea groups is 1. The average Bonchev–Trinajstić information content (AvgIpc) is 2.37. The van der Waals surface area contributed by atoms with E-state index in [9.17, 15) is 9.59 Å². The summed E-state index contributed by atoms with van der Waals surface area (Å²) >= 11 is 0. The Morgan fingerprint density at radius 1 is 1.45 bits per heavy atom. The minimum atomic E-state index is -0.813. The molecular formula is C14H21N3O3. The normalized spacial score (nSPS) is 11.7. The van der Waals surface area contributed by atoms with E-state index in [4.69, 9.17) is 5.11 Å². The topological polar surface area (TPSA) is 91.3 Å². The number of rotatable bonds is 7. The lowest BCUT2D eigenvalue weighted by Gasteiger charge is -2.14. The maximum Gasteiger partial charge on any atom is 0.315 e. The lowest BCUT2D eigenvalue weighted by molar-refractivity contribution is -0.137. The Balaban J connectivity index is 2.26. The van der Waals surface area contributed by atoms with Crippen molar-refractivity contribution in [3.63, 3.8) is 0 Å². The number of nitrogens with zero attached hydrogens (tertiary/aromatic N) is 1. The Kier molecular flexibility index (Phi) is 6.49. The van der Waals surface area contributed by atoms with Crippen LogP contribution in [0.25, 0.3) is 0 Å². The summed E-state index contributed by atoms with van der Waals surface area (Å²) in [4.78, 5) is 26.2. The van der Waals surface area contributed by atoms with E-state index in [1.165, 1.54) is 0 Å². The van der Waals surface area contributed by atoms with Crippen molar-refractivity contribution in [3.8, 4) is 0 Å². The van der Waals surface area contributed by atoms with Crippen LogP contribution in [-0.2, 0) is 11.3 Å². The van der Waals surface area contributed by atoms with Crippen LogP contribution in [0.4, 0.5) is 4.79 Å². The molecule has 2 amide bonds. The lowest BCUT2D eigenvalue weighted by atomic mass is 10.1. The Morgan fingerprint density at radius 3 is 2.85 bits per heavy atom. The summed E-state index contributed by atoms with van der Waals surface area (Å²) in [6.45, 7) is 4.17. The van der Waals surface area contributed by atoms with Crippen LogP contribution in [0.3, 0.4) is 0 Å². The number of carbonyl (C=O) groups excluding carboxylic acids is 1. The van der Waals surface area contributed by atoms with Crippen molar-refractivity contribution in [1.82, 2.24) is 15.6 Å². The van der Waals surface area contributed by atoms with Crippen molar-refractivity contribution >= 4 is 12.0 Å². The molecule has 0 aliphatic rings. The van der Waals surface area contributed by atoms with Gasteiger partial charge in [0.1, 0.15) is 0 Å². The standard InChI is InChI=1S/C14H21N3O3/c1-10-5-4-8-15-12(10)9-16-14(20)17-11(2)6-3-7-13(18)19/h4-5,8,11H,3,6-7,9H2,1-2H3,(H,18,19)(H2,16,17,20). The highest BCUT2D eigenvalue weighted by atomic mass is 16.4. The first-order valence-electron chi connectivity index (χ1n) is 6.65. The zero-order valence-corrected chi connectivity index (χ0v) is 11.8. The molecule has 1 aromatic rings. The molecular weight excluding hydrogens is 258 g/mol. The van der Waals surface area contributed by atoms with Gasteiger partial charge in [-0.2, -0.15) is 0 Å². The number of carboxylic acid groups (broad SMARTS) is 1. The highest BCUT2D eigenvalue weighted by Crippen LogP contribution is 2.03. The van der Waals surface area contributed by atoms with Crippen LogP contribution in [0.15, 0.2) is 18.3 Å². The van der Waals surface area contributed by atoms with Crippen molar-refractivity contribution in [2.24, 2.45) is 0 Å². The number of hydrogen-bond acceptors (Lipinski definition) is 3. The molecule has 0 aliphatic carbocycles. The SMILES string of the molecule is Cc1cccnc1CNC(=O)NC(C)CCCC(=O)O. The second kappa shape index (κ2) is 8.14. The lowest BCUT2D eigenvalue weighted by Crippen LogP contribution is -2.40. The fourth-order valence-corrected chi connectivity index (χ4v) is 1.77. The van der Waals surface area contributed by atoms with E-state index in [2.05, 4.69) is 15.6 Å². The van der Waals surface area contributed by atoms with Gasteiger partial charge in [0.25, 0.3) is 0 Å². The zero-order valence-electron chi connectivity index (χ0n) is 11.8. The largest absolute Gasteiger partial charge is 0.481 e. The Morgan fingerprint density at radius 2 is 2.20 bits per heavy atom. The van der Waals surface area contributed by atoms with Gasteiger partial charge in [-0.25, -0.2) is 4.79 Å². The van der Waals surface area contributed by atoms with Gasteiger partial charge >= 0.3 is 12.0 Å². The minimum absolute atomic E-state index is 0.0563. The first-order valence-corrected chi connectivity index (χ1v) is 6.65. The molecule has 6 nitrogen and oxygen atoms in total. The second-order valence-electron chi connectivity index (χ2n) is 4.78. The highest BCUT2D eigenvalue weighted by molar-refractivity contribution is 5.74. The van der Waals surface area contributed by atoms with Gasteiger partial charge in [-0.05, 0) is 38.3 Å². The number of pyridine rings is 1. The van der Waals surface area contributed by atoms with Gasteiger partial charge in [-0.1, -0.05) is 6.07 Å². The molecule has 1 aromatic heterocycles. The molecule has 0 bridgehead atoms. The van der Waals surface area contributed by atoms with Crippen LogP contribution in [0.1, 0.15) is 37.4 Å². The van der Waals surface area contributed by atoms with Crippen LogP contribution >= 0.6 is 0 Å². The maximum atomic E-state index is 11.7. The number of hydrogen-bond donors (Lipinski definition) is 3. The average molecular weight is 279 g/mol. The van der Waals surface area contributed by atoms with E-state index in [1.807, 2.05) is 26.0 Å². The molecule has 0 saturated heterocycles. The molecule has 0 radical (unpaired) electrons. The number of aryl methyl sites for hydroxylation is 1. The van der Waals surface area contributed by atoms with Crippen molar-refractivity contribution in [3.05, 3.63) is 29.6 Å². The van der Waals surface area contributed by atoms with E-state index >= 15 is 0 Å². The van der Waals surface area contributed by atoms with Gasteiger partial charge in [0.2, 0.25) is 0 Å². The first kappa shape index (κ1) is 15.9. The fourth-order valence-electron chi connectivity index (χ4n) is 1.77. The summed E-state index contributed by atoms with van der Waals surface area (Å²) in [5.74, 6) is -0.813. The van der Waals surface area contributed by atoms with Crippen molar-refractivity contribution < 1.29 is 14.7 Å². The molecule has 0 saturated carbocycles. The molecule has 3 N–H and O–H groups in total. The van der Waals surface area contributed by atoms with Crippen LogP contribution in [0.5, 0.6) is 0 Å². The number of carboxylic acids is 1. The molecule has 0 spiro atoms. The van der Waals surface area contributed by atoms with E-state index < -0.39 is 5.97 Å². The Bertz CT molecular complexity index is 463. The van der Waals surface area contributed by atoms with E-state index in [1.54, 1.807) is 6.20 Å². The molecule has 1 rings (SSSR count). The third kappa shape index (κ3) is 6.17. The summed E-state index contributed by atoms with van der Waals surface area (Å²) in [5.41, 5.74) is 1.86. The third-order valence-corrected chi connectivity index (χ3v) is 2.94. The molecule has 6 heteroatoms. The highest BCUT2D eigenvalue weighted by Gasteiger charge is 2.08. The fraction of sp³-hybridized carbons (Fsp3) is 0.500. The van der Waals surface area contributed by atoms with Gasteiger partial charge in [-0.15, -0.1) is 0 Å². The molecule has 1 atom stereocenters. The molecule has 1 heterocycles. The Hall–Kier alpha value is -2.11. The van der Waals surface area contributed by atoms with Crippen LogP contribution < -0.4 is 10.6 Å². The predicted molar refractivity (Wildman–Crippen MR) is 75.3 cm³/mol. The van der Waals surface area contributed by atoms with Crippen molar-refractivity contribution in [2.45, 2.75) is 45.7 Å². The minimum Gasteiger partial charge on any atom is -0.481 e. The predicted octanol–water partition coefficient (Wildman–Crippen LogP) is 1.83. The molecule has 0 fully saturated rings. The van der Waals surface area contributed by atoms with Crippen molar-refractivity contribution in [1.29, 1.82) is 0 Å². The number of carbonyl (C=O) groups is 2. The van der Waals surface area contributed by atoms with E-state index in [0.29, 0.717) is 19.4 Å². The zero-order chi connectivity index (χ0) is 15.0. The van der Waals surface area contributed by atoms with Gasteiger partial charge in [0.05, 0.1) is 12.2 Å². The van der Waals surface area contributed by atoms with Crippen LogP contribution in [0, 0.1) is 6.92 Å². The summed E-state index contributed by atoms with van der Waals surface area (Å²) in [7, 11) is 0. The number of aromatic nitrogens is 1. The number of amides is 2. The van der Waals surface area contributed by atoms with Crippen LogP contribution in [-0.4, -0.2) is 28.1 Å². The molecule has 110 valence electrons. The Labute approximate surface area is 118 Å². The molecule has 1 unspecified atom stereocenters. The van der Waals surface area contributed by atoms with Gasteiger partial charge < -0.3 is 15.7 Å². The summed E-state index contributed by atoms with van der Waals surface area (Å²) in [6.07, 6.45) is 3.01. The van der Waals surface area contributed by atoms with E-state index in [0.717, 1.165) is 11.3 Å². The molecule has 20 heavy (non-hydrogen) atoms. The third-order valence-electron chi connectivity index (χ3n) is 2.94.